The van der Waals surface area contributed by atoms with Gasteiger partial charge in [0.15, 0.2) is 5.76 Å². The van der Waals surface area contributed by atoms with Gasteiger partial charge < -0.3 is 14.6 Å². The van der Waals surface area contributed by atoms with Crippen LogP contribution in [0.1, 0.15) is 11.3 Å². The quantitative estimate of drug-likeness (QED) is 0.525. The number of non-ortho nitro benzene ring substituents is 1. The average Bonchev–Trinajstić information content (AvgIpc) is 3.11. The van der Waals surface area contributed by atoms with Crippen molar-refractivity contribution in [2.45, 2.75) is 13.3 Å². The van der Waals surface area contributed by atoms with Gasteiger partial charge in [-0.1, -0.05) is 23.4 Å². The molecule has 0 aliphatic rings. The summed E-state index contributed by atoms with van der Waals surface area (Å²) in [4.78, 5) is 22.7. The summed E-state index contributed by atoms with van der Waals surface area (Å²) in [5, 5.41) is 17.5. The molecule has 1 N–H and O–H groups in total. The molecule has 0 aliphatic heterocycles. The number of rotatable bonds is 6. The highest BCUT2D eigenvalue weighted by atomic mass is 16.6. The van der Waals surface area contributed by atoms with Gasteiger partial charge in [0.1, 0.15) is 5.75 Å². The first-order chi connectivity index (χ1) is 13.0. The molecule has 0 atom stereocenters. The number of nitrogens with one attached hydrogen (secondary N) is 1. The predicted molar refractivity (Wildman–Crippen MR) is 98.7 cm³/mol. The van der Waals surface area contributed by atoms with E-state index in [-0.39, 0.29) is 18.0 Å². The van der Waals surface area contributed by atoms with Gasteiger partial charge in [0, 0.05) is 23.8 Å². The number of hydrogen-bond acceptors (Lipinski definition) is 6. The van der Waals surface area contributed by atoms with E-state index in [1.54, 1.807) is 32.2 Å². The number of amides is 1. The number of hydrogen-bond donors (Lipinski definition) is 1. The van der Waals surface area contributed by atoms with Gasteiger partial charge in [-0.2, -0.15) is 0 Å². The topological polar surface area (TPSA) is 108 Å². The van der Waals surface area contributed by atoms with E-state index in [0.29, 0.717) is 22.9 Å². The van der Waals surface area contributed by atoms with Crippen LogP contribution in [0.2, 0.25) is 0 Å². The largest absolute Gasteiger partial charge is 0.497 e. The molecule has 0 unspecified atom stereocenters. The molecule has 8 heteroatoms. The van der Waals surface area contributed by atoms with Crippen molar-refractivity contribution in [3.63, 3.8) is 0 Å². The lowest BCUT2D eigenvalue weighted by molar-refractivity contribution is -0.384. The molecule has 3 rings (SSSR count). The third-order valence-corrected chi connectivity index (χ3v) is 3.96. The van der Waals surface area contributed by atoms with E-state index in [4.69, 9.17) is 9.26 Å². The minimum absolute atomic E-state index is 0.0183. The number of ether oxygens (including phenoxy) is 1. The number of aryl methyl sites for hydroxylation is 1. The second-order valence-corrected chi connectivity index (χ2v) is 5.90. The van der Waals surface area contributed by atoms with Gasteiger partial charge in [-0.25, -0.2) is 0 Å². The van der Waals surface area contributed by atoms with Crippen molar-refractivity contribution in [1.29, 1.82) is 0 Å². The first-order valence-corrected chi connectivity index (χ1v) is 8.11. The van der Waals surface area contributed by atoms with Crippen LogP contribution < -0.4 is 10.1 Å². The minimum atomic E-state index is -0.507. The highest BCUT2D eigenvalue weighted by Gasteiger charge is 2.14. The van der Waals surface area contributed by atoms with Crippen molar-refractivity contribution in [2.24, 2.45) is 0 Å². The molecule has 0 saturated carbocycles. The van der Waals surface area contributed by atoms with Crippen LogP contribution in [0.4, 0.5) is 11.4 Å². The Labute approximate surface area is 154 Å². The molecular weight excluding hydrogens is 350 g/mol. The fraction of sp³-hybridized carbons (Fsp3) is 0.158. The molecule has 0 spiro atoms. The molecule has 0 fully saturated rings. The van der Waals surface area contributed by atoms with Crippen LogP contribution in [0.15, 0.2) is 53.1 Å². The zero-order valence-electron chi connectivity index (χ0n) is 14.8. The van der Waals surface area contributed by atoms with Crippen molar-refractivity contribution in [3.8, 4) is 17.1 Å². The van der Waals surface area contributed by atoms with Crippen LogP contribution in [-0.4, -0.2) is 23.1 Å². The van der Waals surface area contributed by atoms with Crippen LogP contribution in [0.25, 0.3) is 11.3 Å². The molecule has 138 valence electrons. The van der Waals surface area contributed by atoms with Gasteiger partial charge in [0.25, 0.3) is 5.69 Å². The lowest BCUT2D eigenvalue weighted by atomic mass is 10.1. The van der Waals surface area contributed by atoms with E-state index in [0.717, 1.165) is 11.1 Å². The van der Waals surface area contributed by atoms with Gasteiger partial charge in [-0.05, 0) is 24.6 Å². The molecule has 0 saturated heterocycles. The number of nitrogens with zero attached hydrogens (tertiary/aromatic N) is 2. The number of nitro benzene ring substituents is 1. The van der Waals surface area contributed by atoms with E-state index >= 15 is 0 Å². The predicted octanol–water partition coefficient (Wildman–Crippen LogP) is 3.75. The molecule has 0 bridgehead atoms. The summed E-state index contributed by atoms with van der Waals surface area (Å²) in [6.45, 7) is 1.76. The van der Waals surface area contributed by atoms with Crippen molar-refractivity contribution in [1.82, 2.24) is 5.16 Å². The van der Waals surface area contributed by atoms with E-state index < -0.39 is 4.92 Å². The molecule has 1 aromatic heterocycles. The molecule has 8 nitrogen and oxygen atoms in total. The van der Waals surface area contributed by atoms with Gasteiger partial charge in [-0.15, -0.1) is 0 Å². The summed E-state index contributed by atoms with van der Waals surface area (Å²) in [6, 6.07) is 13.3. The number of benzene rings is 2. The molecule has 0 radical (unpaired) electrons. The first-order valence-electron chi connectivity index (χ1n) is 8.11. The molecule has 27 heavy (non-hydrogen) atoms. The fourth-order valence-corrected chi connectivity index (χ4v) is 2.52. The van der Waals surface area contributed by atoms with Crippen LogP contribution >= 0.6 is 0 Å². The SMILES string of the molecule is COc1cccc(-c2cc(CC(=O)Nc3cc([N+](=O)[O-])ccc3C)no2)c1. The second kappa shape index (κ2) is 7.69. The van der Waals surface area contributed by atoms with E-state index in [9.17, 15) is 14.9 Å². The average molecular weight is 367 g/mol. The van der Waals surface area contributed by atoms with Gasteiger partial charge in [0.05, 0.1) is 29.8 Å². The maximum absolute atomic E-state index is 12.3. The Kier molecular flexibility index (Phi) is 5.16. The number of anilines is 1. The smallest absolute Gasteiger partial charge is 0.271 e. The normalized spacial score (nSPS) is 10.4. The second-order valence-electron chi connectivity index (χ2n) is 5.90. The number of aromatic nitrogens is 1. The minimum Gasteiger partial charge on any atom is -0.497 e. The first kappa shape index (κ1) is 18.1. The van der Waals surface area contributed by atoms with Crippen LogP contribution in [0, 0.1) is 17.0 Å². The van der Waals surface area contributed by atoms with Crippen molar-refractivity contribution < 1.29 is 19.0 Å². The Morgan fingerprint density at radius 3 is 2.81 bits per heavy atom. The van der Waals surface area contributed by atoms with E-state index in [1.807, 2.05) is 18.2 Å². The van der Waals surface area contributed by atoms with Gasteiger partial charge in [0.2, 0.25) is 5.91 Å². The zero-order chi connectivity index (χ0) is 19.4. The Hall–Kier alpha value is -3.68. The van der Waals surface area contributed by atoms with E-state index in [2.05, 4.69) is 10.5 Å². The fourth-order valence-electron chi connectivity index (χ4n) is 2.52. The summed E-state index contributed by atoms with van der Waals surface area (Å²) < 4.78 is 10.5. The highest BCUT2D eigenvalue weighted by Crippen LogP contribution is 2.25. The number of methoxy groups -OCH3 is 1. The molecular formula is C19H17N3O5. The third-order valence-electron chi connectivity index (χ3n) is 3.96. The van der Waals surface area contributed by atoms with Crippen LogP contribution in [0.3, 0.4) is 0 Å². The van der Waals surface area contributed by atoms with Crippen LogP contribution in [0.5, 0.6) is 5.75 Å². The molecule has 2 aromatic carbocycles. The highest BCUT2D eigenvalue weighted by molar-refractivity contribution is 5.93. The molecule has 3 aromatic rings. The number of carbonyl (C=O) groups excluding carboxylic acids is 1. The Morgan fingerprint density at radius 1 is 1.26 bits per heavy atom. The van der Waals surface area contributed by atoms with Crippen molar-refractivity contribution >= 4 is 17.3 Å². The van der Waals surface area contributed by atoms with Gasteiger partial charge in [-0.3, -0.25) is 14.9 Å². The van der Waals surface area contributed by atoms with Gasteiger partial charge >= 0.3 is 0 Å². The van der Waals surface area contributed by atoms with Crippen LogP contribution in [-0.2, 0) is 11.2 Å². The lowest BCUT2D eigenvalue weighted by Crippen LogP contribution is -2.15. The summed E-state index contributed by atoms with van der Waals surface area (Å²) in [5.74, 6) is 0.858. The summed E-state index contributed by atoms with van der Waals surface area (Å²) in [7, 11) is 1.57. The summed E-state index contributed by atoms with van der Waals surface area (Å²) >= 11 is 0. The molecule has 1 heterocycles. The monoisotopic (exact) mass is 367 g/mol. The Morgan fingerprint density at radius 2 is 2.07 bits per heavy atom. The standard InChI is InChI=1S/C19H17N3O5/c1-12-6-7-15(22(24)25)11-17(12)20-19(23)10-14-9-18(27-21-14)13-4-3-5-16(8-13)26-2/h3-9,11H,10H2,1-2H3,(H,20,23). The maximum atomic E-state index is 12.3. The summed E-state index contributed by atoms with van der Waals surface area (Å²) in [5.41, 5.74) is 2.27. The van der Waals surface area contributed by atoms with Crippen molar-refractivity contribution in [3.05, 3.63) is 69.9 Å². The third kappa shape index (κ3) is 4.30. The molecule has 0 aliphatic carbocycles. The number of carbonyl (C=O) groups is 1. The lowest BCUT2D eigenvalue weighted by Gasteiger charge is -2.07. The summed E-state index contributed by atoms with van der Waals surface area (Å²) in [6.07, 6.45) is -0.0183. The maximum Gasteiger partial charge on any atom is 0.271 e. The zero-order valence-corrected chi connectivity index (χ0v) is 14.8. The Bertz CT molecular complexity index is 997. The van der Waals surface area contributed by atoms with E-state index in [1.165, 1.54) is 12.1 Å². The van der Waals surface area contributed by atoms with Crippen molar-refractivity contribution in [2.75, 3.05) is 12.4 Å². The number of nitro groups is 1. The Balaban J connectivity index is 1.71. The molecule has 1 amide bonds.